The number of aliphatic carboxylic acids is 1. The standard InChI is InChI=1S/C9H16O2S2/c10-9(11)5-3-1-2-4-8-6-7-12-13-8/h8H,1-7H2,(H,10,11)/t8-/m0/s1. The van der Waals surface area contributed by atoms with Crippen molar-refractivity contribution in [3.63, 3.8) is 0 Å². The lowest BCUT2D eigenvalue weighted by molar-refractivity contribution is -0.137. The molecule has 0 radical (unpaired) electrons. The van der Waals surface area contributed by atoms with Gasteiger partial charge in [-0.15, -0.1) is 0 Å². The largest absolute Gasteiger partial charge is 0.481 e. The van der Waals surface area contributed by atoms with E-state index in [2.05, 4.69) is 0 Å². The van der Waals surface area contributed by atoms with Gasteiger partial charge >= 0.3 is 5.97 Å². The van der Waals surface area contributed by atoms with Gasteiger partial charge in [-0.05, 0) is 19.3 Å². The number of rotatable bonds is 6. The maximum atomic E-state index is 10.2. The third-order valence-corrected chi connectivity index (χ3v) is 5.15. The van der Waals surface area contributed by atoms with Gasteiger partial charge < -0.3 is 5.11 Å². The molecule has 1 aliphatic rings. The quantitative estimate of drug-likeness (QED) is 0.551. The van der Waals surface area contributed by atoms with Gasteiger partial charge in [0.1, 0.15) is 0 Å². The van der Waals surface area contributed by atoms with Gasteiger partial charge in [0, 0.05) is 17.4 Å². The lowest BCUT2D eigenvalue weighted by Crippen LogP contribution is -1.98. The maximum absolute atomic E-state index is 10.2. The molecule has 2 nitrogen and oxygen atoms in total. The summed E-state index contributed by atoms with van der Waals surface area (Å²) in [6.07, 6.45) is 6.08. The minimum absolute atomic E-state index is 0.340. The van der Waals surface area contributed by atoms with E-state index in [0.717, 1.165) is 18.1 Å². The Morgan fingerprint density at radius 3 is 2.85 bits per heavy atom. The minimum Gasteiger partial charge on any atom is -0.481 e. The molecule has 4 heteroatoms. The van der Waals surface area contributed by atoms with Crippen LogP contribution in [-0.2, 0) is 4.79 Å². The molecule has 0 aromatic carbocycles. The van der Waals surface area contributed by atoms with Crippen molar-refractivity contribution in [1.82, 2.24) is 0 Å². The summed E-state index contributed by atoms with van der Waals surface area (Å²) >= 11 is 0. The highest BCUT2D eigenvalue weighted by molar-refractivity contribution is 8.77. The average molecular weight is 220 g/mol. The Hall–Kier alpha value is 0.170. The number of carboxylic acid groups (broad SMARTS) is 1. The summed E-state index contributed by atoms with van der Waals surface area (Å²) in [6.45, 7) is 0. The molecule has 1 N–H and O–H groups in total. The van der Waals surface area contributed by atoms with Gasteiger partial charge in [-0.3, -0.25) is 4.79 Å². The molecule has 1 heterocycles. The third kappa shape index (κ3) is 5.47. The first kappa shape index (κ1) is 11.2. The lowest BCUT2D eigenvalue weighted by atomic mass is 10.1. The van der Waals surface area contributed by atoms with Crippen LogP contribution in [0.5, 0.6) is 0 Å². The third-order valence-electron chi connectivity index (χ3n) is 2.14. The van der Waals surface area contributed by atoms with Crippen molar-refractivity contribution in [3.8, 4) is 0 Å². The molecule has 0 amide bonds. The van der Waals surface area contributed by atoms with Crippen molar-refractivity contribution in [2.45, 2.75) is 43.8 Å². The number of hydrogen-bond acceptors (Lipinski definition) is 3. The van der Waals surface area contributed by atoms with Gasteiger partial charge in [0.25, 0.3) is 0 Å². The first-order valence-corrected chi connectivity index (χ1v) is 7.17. The zero-order valence-electron chi connectivity index (χ0n) is 7.70. The maximum Gasteiger partial charge on any atom is 0.303 e. The Bertz CT molecular complexity index is 156. The van der Waals surface area contributed by atoms with Gasteiger partial charge in [0.15, 0.2) is 0 Å². The highest BCUT2D eigenvalue weighted by Gasteiger charge is 2.15. The summed E-state index contributed by atoms with van der Waals surface area (Å²) < 4.78 is 0. The van der Waals surface area contributed by atoms with E-state index in [9.17, 15) is 4.79 Å². The highest BCUT2D eigenvalue weighted by Crippen LogP contribution is 2.39. The molecular formula is C9H16O2S2. The monoisotopic (exact) mass is 220 g/mol. The number of hydrogen-bond donors (Lipinski definition) is 1. The summed E-state index contributed by atoms with van der Waals surface area (Å²) in [5.74, 6) is 0.635. The molecule has 0 aromatic heterocycles. The molecule has 1 saturated heterocycles. The van der Waals surface area contributed by atoms with Crippen LogP contribution in [0.3, 0.4) is 0 Å². The molecule has 0 aliphatic carbocycles. The zero-order valence-corrected chi connectivity index (χ0v) is 9.33. The molecule has 13 heavy (non-hydrogen) atoms. The molecule has 0 aromatic rings. The molecule has 0 bridgehead atoms. The van der Waals surface area contributed by atoms with E-state index in [1.54, 1.807) is 0 Å². The van der Waals surface area contributed by atoms with Gasteiger partial charge in [-0.25, -0.2) is 0 Å². The van der Waals surface area contributed by atoms with Crippen LogP contribution in [-0.4, -0.2) is 22.1 Å². The predicted octanol–water partition coefficient (Wildman–Crippen LogP) is 3.18. The number of unbranched alkanes of at least 4 members (excludes halogenated alkanes) is 2. The first-order valence-electron chi connectivity index (χ1n) is 4.79. The number of carboxylic acids is 1. The molecule has 76 valence electrons. The predicted molar refractivity (Wildman–Crippen MR) is 59.2 cm³/mol. The van der Waals surface area contributed by atoms with Gasteiger partial charge in [-0.2, -0.15) is 0 Å². The molecule has 1 fully saturated rings. The van der Waals surface area contributed by atoms with Crippen molar-refractivity contribution in [2.24, 2.45) is 0 Å². The molecular weight excluding hydrogens is 204 g/mol. The summed E-state index contributed by atoms with van der Waals surface area (Å²) in [4.78, 5) is 10.2. The fourth-order valence-corrected chi connectivity index (χ4v) is 4.42. The molecule has 0 saturated carbocycles. The molecule has 1 rings (SSSR count). The van der Waals surface area contributed by atoms with Crippen molar-refractivity contribution in [3.05, 3.63) is 0 Å². The van der Waals surface area contributed by atoms with E-state index >= 15 is 0 Å². The second kappa shape index (κ2) is 6.60. The lowest BCUT2D eigenvalue weighted by Gasteiger charge is -2.05. The van der Waals surface area contributed by atoms with Crippen LogP contribution in [0.1, 0.15) is 38.5 Å². The molecule has 1 atom stereocenters. The Kier molecular flexibility index (Phi) is 5.71. The molecule has 1 aliphatic heterocycles. The second-order valence-electron chi connectivity index (χ2n) is 3.32. The second-order valence-corrected chi connectivity index (χ2v) is 6.11. The van der Waals surface area contributed by atoms with Gasteiger partial charge in [0.2, 0.25) is 0 Å². The highest BCUT2D eigenvalue weighted by atomic mass is 33.1. The van der Waals surface area contributed by atoms with E-state index in [4.69, 9.17) is 5.11 Å². The first-order chi connectivity index (χ1) is 6.29. The summed E-state index contributed by atoms with van der Waals surface area (Å²) in [5, 5.41) is 9.26. The van der Waals surface area contributed by atoms with Crippen LogP contribution in [0, 0.1) is 0 Å². The summed E-state index contributed by atoms with van der Waals surface area (Å²) in [7, 11) is 3.98. The van der Waals surface area contributed by atoms with E-state index in [1.165, 1.54) is 25.0 Å². The summed E-state index contributed by atoms with van der Waals surface area (Å²) in [5.41, 5.74) is 0. The van der Waals surface area contributed by atoms with Crippen LogP contribution in [0.2, 0.25) is 0 Å². The van der Waals surface area contributed by atoms with E-state index in [-0.39, 0.29) is 0 Å². The van der Waals surface area contributed by atoms with Crippen molar-refractivity contribution in [2.75, 3.05) is 5.75 Å². The van der Waals surface area contributed by atoms with Gasteiger partial charge in [-0.1, -0.05) is 34.4 Å². The Labute approximate surface area is 87.3 Å². The number of carbonyl (C=O) groups is 1. The van der Waals surface area contributed by atoms with Crippen LogP contribution in [0.25, 0.3) is 0 Å². The van der Waals surface area contributed by atoms with Crippen LogP contribution in [0.15, 0.2) is 0 Å². The molecule has 0 unspecified atom stereocenters. The zero-order chi connectivity index (χ0) is 9.52. The van der Waals surface area contributed by atoms with Crippen molar-refractivity contribution >= 4 is 27.6 Å². The average Bonchev–Trinajstić information content (AvgIpc) is 2.55. The fraction of sp³-hybridized carbons (Fsp3) is 0.889. The van der Waals surface area contributed by atoms with E-state index < -0.39 is 5.97 Å². The SMILES string of the molecule is O=C(O)CCCCC[C@H]1CCSS1. The Morgan fingerprint density at radius 2 is 2.23 bits per heavy atom. The molecule has 0 spiro atoms. The van der Waals surface area contributed by atoms with Crippen molar-refractivity contribution in [1.29, 1.82) is 0 Å². The van der Waals surface area contributed by atoms with Crippen molar-refractivity contribution < 1.29 is 9.90 Å². The summed E-state index contributed by atoms with van der Waals surface area (Å²) in [6, 6.07) is 0. The van der Waals surface area contributed by atoms with E-state index in [0.29, 0.717) is 6.42 Å². The Morgan fingerprint density at radius 1 is 1.38 bits per heavy atom. The van der Waals surface area contributed by atoms with Crippen LogP contribution >= 0.6 is 21.6 Å². The van der Waals surface area contributed by atoms with E-state index in [1.807, 2.05) is 21.6 Å². The van der Waals surface area contributed by atoms with Crippen LogP contribution in [0.4, 0.5) is 0 Å². The smallest absolute Gasteiger partial charge is 0.303 e. The minimum atomic E-state index is -0.661. The fourth-order valence-electron chi connectivity index (χ4n) is 1.39. The Balaban J connectivity index is 1.86. The topological polar surface area (TPSA) is 37.3 Å². The normalized spacial score (nSPS) is 22.0. The van der Waals surface area contributed by atoms with Crippen LogP contribution < -0.4 is 0 Å². The van der Waals surface area contributed by atoms with Gasteiger partial charge in [0.05, 0.1) is 0 Å².